The number of carbonyl (C=O) groups excluding carboxylic acids is 2. The van der Waals surface area contributed by atoms with Crippen LogP contribution in [0.3, 0.4) is 0 Å². The first-order chi connectivity index (χ1) is 7.20. The van der Waals surface area contributed by atoms with Crippen LogP contribution >= 0.6 is 0 Å². The fraction of sp³-hybridized carbons (Fsp3) is 0.818. The molecule has 0 radical (unpaired) electrons. The van der Waals surface area contributed by atoms with Gasteiger partial charge in [0.05, 0.1) is 6.04 Å². The lowest BCUT2D eigenvalue weighted by Crippen LogP contribution is -2.37. The highest BCUT2D eigenvalue weighted by Gasteiger charge is 2.39. The van der Waals surface area contributed by atoms with E-state index in [4.69, 9.17) is 0 Å². The molecule has 1 heterocycles. The fourth-order valence-electron chi connectivity index (χ4n) is 2.09. The molecule has 4 nitrogen and oxygen atoms in total. The van der Waals surface area contributed by atoms with Gasteiger partial charge in [-0.2, -0.15) is 0 Å². The van der Waals surface area contributed by atoms with Gasteiger partial charge in [-0.3, -0.25) is 9.59 Å². The molecule has 4 heteroatoms. The van der Waals surface area contributed by atoms with Gasteiger partial charge in [0, 0.05) is 25.4 Å². The molecule has 2 fully saturated rings. The maximum atomic E-state index is 11.6. The number of hydrogen-bond acceptors (Lipinski definition) is 2. The van der Waals surface area contributed by atoms with Crippen LogP contribution < -0.4 is 5.32 Å². The predicted molar refractivity (Wildman–Crippen MR) is 56.2 cm³/mol. The zero-order chi connectivity index (χ0) is 10.8. The summed E-state index contributed by atoms with van der Waals surface area (Å²) in [7, 11) is 0. The van der Waals surface area contributed by atoms with Crippen molar-refractivity contribution in [1.82, 2.24) is 10.2 Å². The minimum absolute atomic E-state index is 0.0529. The van der Waals surface area contributed by atoms with Crippen LogP contribution in [0.2, 0.25) is 0 Å². The number of nitrogens with zero attached hydrogens (tertiary/aromatic N) is 1. The van der Waals surface area contributed by atoms with Crippen LogP contribution in [0.4, 0.5) is 0 Å². The number of rotatable bonds is 4. The van der Waals surface area contributed by atoms with E-state index in [1.165, 1.54) is 0 Å². The van der Waals surface area contributed by atoms with Crippen LogP contribution in [-0.2, 0) is 9.59 Å². The lowest BCUT2D eigenvalue weighted by Gasteiger charge is -2.15. The molecule has 2 aliphatic rings. The molecule has 1 N–H and O–H groups in total. The van der Waals surface area contributed by atoms with Gasteiger partial charge in [0.25, 0.3) is 0 Å². The largest absolute Gasteiger partial charge is 0.351 e. The molecule has 84 valence electrons. The van der Waals surface area contributed by atoms with Crippen LogP contribution in [0, 0.1) is 0 Å². The van der Waals surface area contributed by atoms with Gasteiger partial charge >= 0.3 is 0 Å². The number of likely N-dealkylation sites (tertiary alicyclic amines) is 1. The summed E-state index contributed by atoms with van der Waals surface area (Å²) in [6.45, 7) is 2.70. The van der Waals surface area contributed by atoms with E-state index < -0.39 is 0 Å². The zero-order valence-corrected chi connectivity index (χ0v) is 9.16. The van der Waals surface area contributed by atoms with Crippen molar-refractivity contribution in [3.8, 4) is 0 Å². The summed E-state index contributed by atoms with van der Waals surface area (Å²) >= 11 is 0. The van der Waals surface area contributed by atoms with Crippen molar-refractivity contribution in [2.24, 2.45) is 0 Å². The van der Waals surface area contributed by atoms with E-state index in [-0.39, 0.29) is 17.9 Å². The molecule has 1 unspecified atom stereocenters. The second-order valence-corrected chi connectivity index (χ2v) is 4.50. The Kier molecular flexibility index (Phi) is 2.93. The third kappa shape index (κ3) is 2.49. The van der Waals surface area contributed by atoms with Gasteiger partial charge < -0.3 is 10.2 Å². The molecule has 1 saturated heterocycles. The third-order valence-corrected chi connectivity index (χ3v) is 2.99. The zero-order valence-electron chi connectivity index (χ0n) is 9.16. The molecule has 1 saturated carbocycles. The Bertz CT molecular complexity index is 274. The molecule has 2 rings (SSSR count). The van der Waals surface area contributed by atoms with E-state index in [1.54, 1.807) is 0 Å². The standard InChI is InChI=1S/C11H18N2O2/c1-2-3-10(14)12-8-6-11(15)13(7-8)9-4-5-9/h8-9H,2-7H2,1H3,(H,12,14). The van der Waals surface area contributed by atoms with E-state index in [0.29, 0.717) is 18.9 Å². The molecule has 0 aromatic heterocycles. The van der Waals surface area contributed by atoms with Crippen molar-refractivity contribution >= 4 is 11.8 Å². The van der Waals surface area contributed by atoms with Crippen molar-refractivity contribution < 1.29 is 9.59 Å². The smallest absolute Gasteiger partial charge is 0.225 e. The highest BCUT2D eigenvalue weighted by molar-refractivity contribution is 5.82. The predicted octanol–water partition coefficient (Wildman–Crippen LogP) is 0.666. The van der Waals surface area contributed by atoms with Gasteiger partial charge in [0.1, 0.15) is 0 Å². The normalized spacial score (nSPS) is 25.8. The molecular weight excluding hydrogens is 192 g/mol. The number of nitrogens with one attached hydrogen (secondary N) is 1. The minimum Gasteiger partial charge on any atom is -0.351 e. The first kappa shape index (κ1) is 10.5. The molecule has 0 spiro atoms. The maximum absolute atomic E-state index is 11.6. The van der Waals surface area contributed by atoms with Crippen molar-refractivity contribution in [3.05, 3.63) is 0 Å². The van der Waals surface area contributed by atoms with Gasteiger partial charge in [-0.25, -0.2) is 0 Å². The molecule has 1 aliphatic carbocycles. The molecule has 2 amide bonds. The second kappa shape index (κ2) is 4.21. The molecule has 1 aliphatic heterocycles. The van der Waals surface area contributed by atoms with Crippen LogP contribution in [0.25, 0.3) is 0 Å². The van der Waals surface area contributed by atoms with E-state index in [2.05, 4.69) is 5.32 Å². The van der Waals surface area contributed by atoms with Crippen molar-refractivity contribution in [2.75, 3.05) is 6.54 Å². The summed E-state index contributed by atoms with van der Waals surface area (Å²) in [4.78, 5) is 24.9. The Balaban J connectivity index is 1.80. The van der Waals surface area contributed by atoms with E-state index in [1.807, 2.05) is 11.8 Å². The van der Waals surface area contributed by atoms with Crippen LogP contribution in [0.15, 0.2) is 0 Å². The highest BCUT2D eigenvalue weighted by Crippen LogP contribution is 2.30. The number of amides is 2. The molecule has 0 aromatic rings. The summed E-state index contributed by atoms with van der Waals surface area (Å²) in [5, 5.41) is 2.92. The van der Waals surface area contributed by atoms with Crippen molar-refractivity contribution in [3.63, 3.8) is 0 Å². The topological polar surface area (TPSA) is 49.4 Å². The second-order valence-electron chi connectivity index (χ2n) is 4.50. The van der Waals surface area contributed by atoms with E-state index in [0.717, 1.165) is 25.8 Å². The average molecular weight is 210 g/mol. The molecule has 0 bridgehead atoms. The van der Waals surface area contributed by atoms with Gasteiger partial charge in [-0.15, -0.1) is 0 Å². The quantitative estimate of drug-likeness (QED) is 0.741. The lowest BCUT2D eigenvalue weighted by atomic mass is 10.2. The Hall–Kier alpha value is -1.06. The summed E-state index contributed by atoms with van der Waals surface area (Å²) < 4.78 is 0. The lowest BCUT2D eigenvalue weighted by molar-refractivity contribution is -0.128. The molecule has 1 atom stereocenters. The molecular formula is C11H18N2O2. The van der Waals surface area contributed by atoms with Crippen molar-refractivity contribution in [2.45, 2.75) is 51.1 Å². The Labute approximate surface area is 90.0 Å². The van der Waals surface area contributed by atoms with E-state index in [9.17, 15) is 9.59 Å². The Morgan fingerprint density at radius 3 is 2.87 bits per heavy atom. The SMILES string of the molecule is CCCC(=O)NC1CC(=O)N(C2CC2)C1. The van der Waals surface area contributed by atoms with E-state index >= 15 is 0 Å². The van der Waals surface area contributed by atoms with Crippen LogP contribution in [0.1, 0.15) is 39.0 Å². The third-order valence-electron chi connectivity index (χ3n) is 2.99. The monoisotopic (exact) mass is 210 g/mol. The van der Waals surface area contributed by atoms with Gasteiger partial charge in [-0.05, 0) is 19.3 Å². The van der Waals surface area contributed by atoms with Gasteiger partial charge in [-0.1, -0.05) is 6.92 Å². The molecule has 0 aromatic carbocycles. The minimum atomic E-state index is 0.0529. The highest BCUT2D eigenvalue weighted by atomic mass is 16.2. The fourth-order valence-corrected chi connectivity index (χ4v) is 2.09. The van der Waals surface area contributed by atoms with Crippen molar-refractivity contribution in [1.29, 1.82) is 0 Å². The first-order valence-corrected chi connectivity index (χ1v) is 5.79. The number of carbonyl (C=O) groups is 2. The summed E-state index contributed by atoms with van der Waals surface area (Å²) in [5.41, 5.74) is 0. The average Bonchev–Trinajstić information content (AvgIpc) is 2.93. The number of hydrogen-bond donors (Lipinski definition) is 1. The first-order valence-electron chi connectivity index (χ1n) is 5.79. The summed E-state index contributed by atoms with van der Waals surface area (Å²) in [5.74, 6) is 0.284. The summed E-state index contributed by atoms with van der Waals surface area (Å²) in [6.07, 6.45) is 4.20. The Morgan fingerprint density at radius 2 is 2.27 bits per heavy atom. The maximum Gasteiger partial charge on any atom is 0.225 e. The van der Waals surface area contributed by atoms with Gasteiger partial charge in [0.2, 0.25) is 11.8 Å². The van der Waals surface area contributed by atoms with Gasteiger partial charge in [0.15, 0.2) is 0 Å². The van der Waals surface area contributed by atoms with Crippen LogP contribution in [0.5, 0.6) is 0 Å². The molecule has 15 heavy (non-hydrogen) atoms. The Morgan fingerprint density at radius 1 is 1.53 bits per heavy atom. The summed E-state index contributed by atoms with van der Waals surface area (Å²) in [6, 6.07) is 0.530. The van der Waals surface area contributed by atoms with Crippen LogP contribution in [-0.4, -0.2) is 35.3 Å².